The molecule has 0 heterocycles. The van der Waals surface area contributed by atoms with Crippen LogP contribution in [0.2, 0.25) is 0 Å². The third-order valence-electron chi connectivity index (χ3n) is 3.77. The van der Waals surface area contributed by atoms with Gasteiger partial charge in [0, 0.05) is 59.6 Å². The molecule has 1 aromatic rings. The summed E-state index contributed by atoms with van der Waals surface area (Å²) in [6.45, 7) is 4.14. The van der Waals surface area contributed by atoms with Crippen LogP contribution in [0.25, 0.3) is 0 Å². The van der Waals surface area contributed by atoms with E-state index in [2.05, 4.69) is 32.9 Å². The third-order valence-corrected chi connectivity index (χ3v) is 3.77. The largest absolute Gasteiger partial charge is 0.385 e. The minimum atomic E-state index is -0.0825. The van der Waals surface area contributed by atoms with Gasteiger partial charge in [-0.15, -0.1) is 0 Å². The van der Waals surface area contributed by atoms with Crippen molar-refractivity contribution in [1.82, 2.24) is 20.9 Å². The molecule has 0 spiro atoms. The van der Waals surface area contributed by atoms with Gasteiger partial charge in [-0.2, -0.15) is 0 Å². The highest BCUT2D eigenvalue weighted by atomic mass is 16.5. The highest BCUT2D eigenvalue weighted by Crippen LogP contribution is 2.05. The molecule has 0 fully saturated rings. The first-order valence-electron chi connectivity index (χ1n) is 8.53. The molecule has 0 aromatic heterocycles. The Morgan fingerprint density at radius 3 is 2.76 bits per heavy atom. The van der Waals surface area contributed by atoms with E-state index in [1.165, 1.54) is 0 Å². The predicted molar refractivity (Wildman–Crippen MR) is 102 cm³/mol. The lowest BCUT2D eigenvalue weighted by Gasteiger charge is -2.18. The molecule has 0 bridgehead atoms. The van der Waals surface area contributed by atoms with Gasteiger partial charge in [0.05, 0.1) is 0 Å². The molecule has 0 radical (unpaired) electrons. The molecule has 0 atom stereocenters. The van der Waals surface area contributed by atoms with E-state index in [4.69, 9.17) is 4.74 Å². The summed E-state index contributed by atoms with van der Waals surface area (Å²) in [6.07, 6.45) is 1.03. The summed E-state index contributed by atoms with van der Waals surface area (Å²) in [5.41, 5.74) is 1.68. The molecule has 1 rings (SSSR count). The lowest BCUT2D eigenvalue weighted by atomic mass is 10.1. The zero-order chi connectivity index (χ0) is 18.5. The summed E-state index contributed by atoms with van der Waals surface area (Å²) in [4.78, 5) is 18.2. The van der Waals surface area contributed by atoms with Crippen molar-refractivity contribution in [2.24, 2.45) is 4.99 Å². The number of carbonyl (C=O) groups excluding carboxylic acids is 1. The third kappa shape index (κ3) is 8.51. The standard InChI is InChI=1S/C18H31N5O2/c1-19-17(24)16-8-5-7-15(13-16)14-22-18(20-2)21-9-11-23(3)10-6-12-25-4/h5,7-8,13H,6,9-12,14H2,1-4H3,(H,19,24)(H2,20,21,22). The van der Waals surface area contributed by atoms with Gasteiger partial charge in [-0.05, 0) is 31.2 Å². The van der Waals surface area contributed by atoms with Gasteiger partial charge in [0.15, 0.2) is 5.96 Å². The quantitative estimate of drug-likeness (QED) is 0.329. The van der Waals surface area contributed by atoms with Crippen LogP contribution in [0.1, 0.15) is 22.3 Å². The van der Waals surface area contributed by atoms with Gasteiger partial charge in [-0.3, -0.25) is 9.79 Å². The van der Waals surface area contributed by atoms with E-state index in [0.29, 0.717) is 12.1 Å². The normalized spacial score (nSPS) is 11.5. The van der Waals surface area contributed by atoms with Crippen LogP contribution in [0.15, 0.2) is 29.3 Å². The number of guanidine groups is 1. The lowest BCUT2D eigenvalue weighted by molar-refractivity contribution is 0.0963. The SMILES string of the molecule is CN=C(NCCN(C)CCCOC)NCc1cccc(C(=O)NC)c1. The molecule has 7 heteroatoms. The Labute approximate surface area is 150 Å². The summed E-state index contributed by atoms with van der Waals surface area (Å²) in [7, 11) is 7.20. The van der Waals surface area contributed by atoms with Crippen molar-refractivity contribution >= 4 is 11.9 Å². The maximum atomic E-state index is 11.7. The molecular weight excluding hydrogens is 318 g/mol. The Kier molecular flexibility index (Phi) is 10.3. The van der Waals surface area contributed by atoms with Crippen LogP contribution in [-0.2, 0) is 11.3 Å². The fourth-order valence-electron chi connectivity index (χ4n) is 2.33. The van der Waals surface area contributed by atoms with Crippen molar-refractivity contribution in [3.05, 3.63) is 35.4 Å². The highest BCUT2D eigenvalue weighted by molar-refractivity contribution is 5.94. The van der Waals surface area contributed by atoms with Crippen LogP contribution in [0.4, 0.5) is 0 Å². The minimum Gasteiger partial charge on any atom is -0.385 e. The van der Waals surface area contributed by atoms with Crippen LogP contribution in [0.3, 0.4) is 0 Å². The van der Waals surface area contributed by atoms with E-state index < -0.39 is 0 Å². The summed E-state index contributed by atoms with van der Waals surface area (Å²) in [6, 6.07) is 7.54. The van der Waals surface area contributed by atoms with Gasteiger partial charge >= 0.3 is 0 Å². The molecule has 1 aromatic carbocycles. The molecule has 0 saturated carbocycles. The van der Waals surface area contributed by atoms with Crippen LogP contribution in [-0.4, -0.2) is 71.3 Å². The summed E-state index contributed by atoms with van der Waals surface area (Å²) in [5, 5.41) is 9.19. The maximum Gasteiger partial charge on any atom is 0.251 e. The van der Waals surface area contributed by atoms with Gasteiger partial charge < -0.3 is 25.6 Å². The molecule has 0 saturated heterocycles. The smallest absolute Gasteiger partial charge is 0.251 e. The second-order valence-corrected chi connectivity index (χ2v) is 5.78. The van der Waals surface area contributed by atoms with Crippen LogP contribution >= 0.6 is 0 Å². The number of carbonyl (C=O) groups is 1. The van der Waals surface area contributed by atoms with E-state index in [9.17, 15) is 4.79 Å². The molecule has 0 aliphatic heterocycles. The number of nitrogens with zero attached hydrogens (tertiary/aromatic N) is 2. The molecular formula is C18H31N5O2. The molecule has 1 amide bonds. The van der Waals surface area contributed by atoms with E-state index in [-0.39, 0.29) is 5.91 Å². The van der Waals surface area contributed by atoms with E-state index >= 15 is 0 Å². The second-order valence-electron chi connectivity index (χ2n) is 5.78. The highest BCUT2D eigenvalue weighted by Gasteiger charge is 2.05. The van der Waals surface area contributed by atoms with E-state index in [1.807, 2.05) is 18.2 Å². The number of benzene rings is 1. The number of hydrogen-bond donors (Lipinski definition) is 3. The van der Waals surface area contributed by atoms with Crippen molar-refractivity contribution in [2.45, 2.75) is 13.0 Å². The Balaban J connectivity index is 2.36. The molecule has 0 unspecified atom stereocenters. The van der Waals surface area contributed by atoms with Crippen molar-refractivity contribution in [3.63, 3.8) is 0 Å². The lowest BCUT2D eigenvalue weighted by Crippen LogP contribution is -2.40. The van der Waals surface area contributed by atoms with Crippen LogP contribution in [0, 0.1) is 0 Å². The average Bonchev–Trinajstić information content (AvgIpc) is 2.64. The zero-order valence-corrected chi connectivity index (χ0v) is 15.8. The first kappa shape index (κ1) is 20.9. The Bertz CT molecular complexity index is 548. The number of likely N-dealkylation sites (N-methyl/N-ethyl adjacent to an activating group) is 1. The second kappa shape index (κ2) is 12.3. The number of aliphatic imine (C=N–C) groups is 1. The Morgan fingerprint density at radius 2 is 2.08 bits per heavy atom. The van der Waals surface area contributed by atoms with Gasteiger partial charge in [-0.1, -0.05) is 12.1 Å². The molecule has 0 aliphatic rings. The van der Waals surface area contributed by atoms with Gasteiger partial charge in [-0.25, -0.2) is 0 Å². The first-order chi connectivity index (χ1) is 12.1. The summed E-state index contributed by atoms with van der Waals surface area (Å²) < 4.78 is 5.06. The number of amides is 1. The maximum absolute atomic E-state index is 11.7. The summed E-state index contributed by atoms with van der Waals surface area (Å²) >= 11 is 0. The molecule has 3 N–H and O–H groups in total. The van der Waals surface area contributed by atoms with Gasteiger partial charge in [0.1, 0.15) is 0 Å². The number of rotatable bonds is 10. The topological polar surface area (TPSA) is 78.0 Å². The fourth-order valence-corrected chi connectivity index (χ4v) is 2.33. The van der Waals surface area contributed by atoms with Gasteiger partial charge in [0.2, 0.25) is 0 Å². The minimum absolute atomic E-state index is 0.0825. The van der Waals surface area contributed by atoms with Crippen molar-refractivity contribution in [3.8, 4) is 0 Å². The zero-order valence-electron chi connectivity index (χ0n) is 15.8. The van der Waals surface area contributed by atoms with Crippen molar-refractivity contribution in [1.29, 1.82) is 0 Å². The van der Waals surface area contributed by atoms with Crippen molar-refractivity contribution < 1.29 is 9.53 Å². The van der Waals surface area contributed by atoms with Crippen LogP contribution < -0.4 is 16.0 Å². The average molecular weight is 349 g/mol. The van der Waals surface area contributed by atoms with Crippen LogP contribution in [0.5, 0.6) is 0 Å². The number of hydrogen-bond acceptors (Lipinski definition) is 4. The molecule has 140 valence electrons. The molecule has 25 heavy (non-hydrogen) atoms. The Hall–Kier alpha value is -2.12. The Morgan fingerprint density at radius 1 is 1.28 bits per heavy atom. The predicted octanol–water partition coefficient (Wildman–Crippen LogP) is 0.680. The summed E-state index contributed by atoms with van der Waals surface area (Å²) in [5.74, 6) is 0.663. The monoisotopic (exact) mass is 349 g/mol. The van der Waals surface area contributed by atoms with E-state index in [0.717, 1.165) is 44.2 Å². The molecule has 7 nitrogen and oxygen atoms in total. The first-order valence-corrected chi connectivity index (χ1v) is 8.53. The number of methoxy groups -OCH3 is 1. The molecule has 0 aliphatic carbocycles. The number of ether oxygens (including phenoxy) is 1. The fraction of sp³-hybridized carbons (Fsp3) is 0.556. The van der Waals surface area contributed by atoms with Gasteiger partial charge in [0.25, 0.3) is 5.91 Å². The number of nitrogens with one attached hydrogen (secondary N) is 3. The van der Waals surface area contributed by atoms with E-state index in [1.54, 1.807) is 27.3 Å². The van der Waals surface area contributed by atoms with Crippen molar-refractivity contribution in [2.75, 3.05) is 54.5 Å².